The number of thioether (sulfide) groups is 1. The first-order valence-corrected chi connectivity index (χ1v) is 6.15. The number of hydrogen-bond donors (Lipinski definition) is 1. The summed E-state index contributed by atoms with van der Waals surface area (Å²) in [5, 5.41) is 0.455. The molecule has 4 heteroatoms. The maximum Gasteiger partial charge on any atom is 0.207 e. The van der Waals surface area contributed by atoms with E-state index in [0.717, 1.165) is 11.7 Å². The van der Waals surface area contributed by atoms with Gasteiger partial charge in [-0.1, -0.05) is 6.42 Å². The molecule has 3 nitrogen and oxygen atoms in total. The first-order chi connectivity index (χ1) is 6.77. The lowest BCUT2D eigenvalue weighted by Crippen LogP contribution is -2.04. The number of aromatic nitrogens is 1. The smallest absolute Gasteiger partial charge is 0.207 e. The molecule has 1 saturated heterocycles. The Balaban J connectivity index is 2.07. The first kappa shape index (κ1) is 10.1. The molecule has 0 bridgehead atoms. The number of rotatable bonds is 2. The molecule has 2 unspecified atom stereocenters. The molecule has 0 aromatic carbocycles. The third-order valence-electron chi connectivity index (χ3n) is 2.45. The van der Waals surface area contributed by atoms with Gasteiger partial charge in [0.1, 0.15) is 5.76 Å². The van der Waals surface area contributed by atoms with Crippen LogP contribution in [0.2, 0.25) is 0 Å². The van der Waals surface area contributed by atoms with Gasteiger partial charge < -0.3 is 10.2 Å². The Morgan fingerprint density at radius 1 is 1.64 bits per heavy atom. The Labute approximate surface area is 88.5 Å². The fraction of sp³-hybridized carbons (Fsp3) is 0.700. The number of nitrogens with two attached hydrogens (primary N) is 1. The highest BCUT2D eigenvalue weighted by atomic mass is 32.2. The molecule has 1 fully saturated rings. The van der Waals surface area contributed by atoms with Crippen LogP contribution >= 0.6 is 11.8 Å². The van der Waals surface area contributed by atoms with Crippen LogP contribution in [0.1, 0.15) is 49.1 Å². The van der Waals surface area contributed by atoms with E-state index in [4.69, 9.17) is 10.2 Å². The van der Waals surface area contributed by atoms with Crippen LogP contribution in [-0.4, -0.2) is 10.7 Å². The average Bonchev–Trinajstić information content (AvgIpc) is 2.68. The van der Waals surface area contributed by atoms with Gasteiger partial charge in [0.05, 0.1) is 17.5 Å². The predicted octanol–water partition coefficient (Wildman–Crippen LogP) is 2.65. The molecule has 0 spiro atoms. The van der Waals surface area contributed by atoms with E-state index >= 15 is 0 Å². The summed E-state index contributed by atoms with van der Waals surface area (Å²) < 4.78 is 5.63. The van der Waals surface area contributed by atoms with Crippen LogP contribution in [0.15, 0.2) is 10.6 Å². The molecule has 2 atom stereocenters. The van der Waals surface area contributed by atoms with E-state index in [1.54, 1.807) is 6.20 Å². The molecule has 2 N–H and O–H groups in total. The van der Waals surface area contributed by atoms with Gasteiger partial charge >= 0.3 is 0 Å². The average molecular weight is 212 g/mol. The Kier molecular flexibility index (Phi) is 3.13. The molecule has 2 rings (SSSR count). The van der Waals surface area contributed by atoms with E-state index < -0.39 is 0 Å². The van der Waals surface area contributed by atoms with Gasteiger partial charge in [0.2, 0.25) is 5.89 Å². The second-order valence-corrected chi connectivity index (χ2v) is 5.06. The van der Waals surface area contributed by atoms with Crippen LogP contribution in [-0.2, 0) is 0 Å². The van der Waals surface area contributed by atoms with Crippen LogP contribution < -0.4 is 5.73 Å². The van der Waals surface area contributed by atoms with Crippen LogP contribution in [0.5, 0.6) is 0 Å². The molecule has 0 amide bonds. The van der Waals surface area contributed by atoms with E-state index in [1.165, 1.54) is 25.0 Å². The molecule has 0 aliphatic carbocycles. The van der Waals surface area contributed by atoms with E-state index in [9.17, 15) is 0 Å². The van der Waals surface area contributed by atoms with Gasteiger partial charge in [-0.25, -0.2) is 4.98 Å². The lowest BCUT2D eigenvalue weighted by Gasteiger charge is -2.17. The maximum absolute atomic E-state index is 5.72. The summed E-state index contributed by atoms with van der Waals surface area (Å²) in [6, 6.07) is -0.0511. The fourth-order valence-corrected chi connectivity index (χ4v) is 2.84. The summed E-state index contributed by atoms with van der Waals surface area (Å²) in [6.07, 6.45) is 5.55. The summed E-state index contributed by atoms with van der Waals surface area (Å²) in [5.74, 6) is 2.88. The van der Waals surface area contributed by atoms with E-state index in [2.05, 4.69) is 4.98 Å². The van der Waals surface area contributed by atoms with Crippen LogP contribution in [0, 0.1) is 0 Å². The molecule has 0 saturated carbocycles. The van der Waals surface area contributed by atoms with Gasteiger partial charge in [-0.2, -0.15) is 0 Å². The summed E-state index contributed by atoms with van der Waals surface area (Å²) in [6.45, 7) is 1.91. The zero-order chi connectivity index (χ0) is 9.97. The van der Waals surface area contributed by atoms with Crippen LogP contribution in [0.3, 0.4) is 0 Å². The van der Waals surface area contributed by atoms with E-state index in [-0.39, 0.29) is 6.04 Å². The Bertz CT molecular complexity index is 292. The van der Waals surface area contributed by atoms with E-state index in [0.29, 0.717) is 5.25 Å². The van der Waals surface area contributed by atoms with Crippen molar-refractivity contribution in [2.24, 2.45) is 5.73 Å². The predicted molar refractivity (Wildman–Crippen MR) is 58.2 cm³/mol. The van der Waals surface area contributed by atoms with Crippen molar-refractivity contribution in [3.05, 3.63) is 17.8 Å². The molecule has 1 aromatic heterocycles. The zero-order valence-electron chi connectivity index (χ0n) is 8.40. The lowest BCUT2D eigenvalue weighted by atomic mass is 10.2. The molecule has 2 heterocycles. The van der Waals surface area contributed by atoms with Crippen molar-refractivity contribution in [1.29, 1.82) is 0 Å². The molecular weight excluding hydrogens is 196 g/mol. The first-order valence-electron chi connectivity index (χ1n) is 5.10. The number of oxazole rings is 1. The van der Waals surface area contributed by atoms with Gasteiger partial charge in [0, 0.05) is 0 Å². The highest BCUT2D eigenvalue weighted by Gasteiger charge is 2.21. The van der Waals surface area contributed by atoms with Gasteiger partial charge in [0.25, 0.3) is 0 Å². The largest absolute Gasteiger partial charge is 0.443 e. The van der Waals surface area contributed by atoms with Crippen molar-refractivity contribution in [3.63, 3.8) is 0 Å². The third-order valence-corrected chi connectivity index (χ3v) is 3.81. The van der Waals surface area contributed by atoms with Crippen LogP contribution in [0.4, 0.5) is 0 Å². The molecular formula is C10H16N2OS. The molecule has 14 heavy (non-hydrogen) atoms. The standard InChI is InChI=1S/C10H16N2OS/c1-7(11)8-6-12-10(13-8)9-4-2-3-5-14-9/h6-7,9H,2-5,11H2,1H3. The molecule has 78 valence electrons. The molecule has 1 aliphatic rings. The van der Waals surface area contributed by atoms with Crippen LogP contribution in [0.25, 0.3) is 0 Å². The fourth-order valence-electron chi connectivity index (χ4n) is 1.60. The topological polar surface area (TPSA) is 52.0 Å². The minimum atomic E-state index is -0.0511. The SMILES string of the molecule is CC(N)c1cnc(C2CCCCS2)o1. The molecule has 1 aromatic rings. The van der Waals surface area contributed by atoms with E-state index in [1.807, 2.05) is 18.7 Å². The quantitative estimate of drug-likeness (QED) is 0.818. The van der Waals surface area contributed by atoms with Crippen molar-refractivity contribution in [2.75, 3.05) is 5.75 Å². The second kappa shape index (κ2) is 4.36. The summed E-state index contributed by atoms with van der Waals surface area (Å²) >= 11 is 1.94. The van der Waals surface area contributed by atoms with Crippen molar-refractivity contribution in [2.45, 2.75) is 37.5 Å². The maximum atomic E-state index is 5.72. The Morgan fingerprint density at radius 3 is 3.07 bits per heavy atom. The lowest BCUT2D eigenvalue weighted by molar-refractivity contribution is 0.422. The third kappa shape index (κ3) is 2.12. The normalized spacial score (nSPS) is 24.9. The number of nitrogens with zero attached hydrogens (tertiary/aromatic N) is 1. The Hall–Kier alpha value is -0.480. The molecule has 1 aliphatic heterocycles. The van der Waals surface area contributed by atoms with Crippen molar-refractivity contribution in [3.8, 4) is 0 Å². The Morgan fingerprint density at radius 2 is 2.50 bits per heavy atom. The highest BCUT2D eigenvalue weighted by Crippen LogP contribution is 2.38. The minimum Gasteiger partial charge on any atom is -0.443 e. The second-order valence-electron chi connectivity index (χ2n) is 3.74. The van der Waals surface area contributed by atoms with Gasteiger partial charge in [0.15, 0.2) is 0 Å². The zero-order valence-corrected chi connectivity index (χ0v) is 9.22. The highest BCUT2D eigenvalue weighted by molar-refractivity contribution is 7.99. The van der Waals surface area contributed by atoms with Gasteiger partial charge in [-0.05, 0) is 25.5 Å². The number of hydrogen-bond acceptors (Lipinski definition) is 4. The van der Waals surface area contributed by atoms with Crippen molar-refractivity contribution < 1.29 is 4.42 Å². The van der Waals surface area contributed by atoms with Crippen molar-refractivity contribution >= 4 is 11.8 Å². The van der Waals surface area contributed by atoms with Gasteiger partial charge in [-0.3, -0.25) is 0 Å². The summed E-state index contributed by atoms with van der Waals surface area (Å²) in [5.41, 5.74) is 5.72. The van der Waals surface area contributed by atoms with Gasteiger partial charge in [-0.15, -0.1) is 11.8 Å². The van der Waals surface area contributed by atoms with Crippen molar-refractivity contribution in [1.82, 2.24) is 4.98 Å². The summed E-state index contributed by atoms with van der Waals surface area (Å²) in [7, 11) is 0. The minimum absolute atomic E-state index is 0.0511. The monoisotopic (exact) mass is 212 g/mol. The summed E-state index contributed by atoms with van der Waals surface area (Å²) in [4.78, 5) is 4.29. The molecule has 0 radical (unpaired) electrons.